The molecule has 0 atom stereocenters. The van der Waals surface area contributed by atoms with E-state index in [0.29, 0.717) is 13.3 Å². The SMILES string of the molecule is C=NCc1ccc2c(c1)OCO2. The van der Waals surface area contributed by atoms with Gasteiger partial charge in [-0.15, -0.1) is 0 Å². The highest BCUT2D eigenvalue weighted by Crippen LogP contribution is 2.32. The fourth-order valence-corrected chi connectivity index (χ4v) is 1.17. The lowest BCUT2D eigenvalue weighted by atomic mass is 10.2. The minimum Gasteiger partial charge on any atom is -0.454 e. The highest BCUT2D eigenvalue weighted by molar-refractivity contribution is 5.44. The van der Waals surface area contributed by atoms with Crippen molar-refractivity contribution in [1.29, 1.82) is 0 Å². The van der Waals surface area contributed by atoms with Crippen molar-refractivity contribution in [2.45, 2.75) is 6.54 Å². The minimum absolute atomic E-state index is 0.320. The van der Waals surface area contributed by atoms with Crippen LogP contribution in [0, 0.1) is 0 Å². The normalized spacial score (nSPS) is 13.0. The fraction of sp³-hybridized carbons (Fsp3) is 0.222. The summed E-state index contributed by atoms with van der Waals surface area (Å²) in [5, 5.41) is 0. The van der Waals surface area contributed by atoms with Gasteiger partial charge in [0.25, 0.3) is 0 Å². The van der Waals surface area contributed by atoms with Gasteiger partial charge in [0.05, 0.1) is 6.54 Å². The molecule has 2 rings (SSSR count). The quantitative estimate of drug-likeness (QED) is 0.620. The summed E-state index contributed by atoms with van der Waals surface area (Å²) in [6.07, 6.45) is 0. The van der Waals surface area contributed by atoms with Crippen molar-refractivity contribution >= 4 is 6.72 Å². The predicted octanol–water partition coefficient (Wildman–Crippen LogP) is 1.62. The van der Waals surface area contributed by atoms with Crippen molar-refractivity contribution < 1.29 is 9.47 Å². The van der Waals surface area contributed by atoms with Gasteiger partial charge in [0.15, 0.2) is 11.5 Å². The maximum absolute atomic E-state index is 5.20. The van der Waals surface area contributed by atoms with Gasteiger partial charge in [-0.05, 0) is 24.4 Å². The van der Waals surface area contributed by atoms with Gasteiger partial charge < -0.3 is 9.47 Å². The second-order valence-electron chi connectivity index (χ2n) is 2.57. The van der Waals surface area contributed by atoms with Gasteiger partial charge in [0.1, 0.15) is 0 Å². The number of rotatable bonds is 2. The molecule has 0 saturated carbocycles. The molecular weight excluding hydrogens is 154 g/mol. The highest BCUT2D eigenvalue weighted by atomic mass is 16.7. The molecule has 1 aliphatic rings. The first-order valence-electron chi connectivity index (χ1n) is 3.71. The molecule has 0 radical (unpaired) electrons. The summed E-state index contributed by atoms with van der Waals surface area (Å²) in [6.45, 7) is 4.37. The molecule has 0 bridgehead atoms. The van der Waals surface area contributed by atoms with E-state index in [1.165, 1.54) is 0 Å². The highest BCUT2D eigenvalue weighted by Gasteiger charge is 2.12. The van der Waals surface area contributed by atoms with E-state index in [9.17, 15) is 0 Å². The monoisotopic (exact) mass is 163 g/mol. The smallest absolute Gasteiger partial charge is 0.231 e. The van der Waals surface area contributed by atoms with E-state index in [0.717, 1.165) is 17.1 Å². The second-order valence-corrected chi connectivity index (χ2v) is 2.57. The Labute approximate surface area is 70.6 Å². The Balaban J connectivity index is 2.32. The Hall–Kier alpha value is -1.51. The van der Waals surface area contributed by atoms with Crippen molar-refractivity contribution in [2.75, 3.05) is 6.79 Å². The summed E-state index contributed by atoms with van der Waals surface area (Å²) in [6, 6.07) is 5.78. The largest absolute Gasteiger partial charge is 0.454 e. The maximum atomic E-state index is 5.20. The molecule has 1 aromatic rings. The Bertz CT molecular complexity index is 309. The standard InChI is InChI=1S/C9H9NO2/c1-10-5-7-2-3-8-9(4-7)12-6-11-8/h2-4H,1,5-6H2. The summed E-state index contributed by atoms with van der Waals surface area (Å²) < 4.78 is 10.4. The number of hydrogen-bond donors (Lipinski definition) is 0. The lowest BCUT2D eigenvalue weighted by Crippen LogP contribution is -1.92. The third kappa shape index (κ3) is 1.13. The summed E-state index contributed by atoms with van der Waals surface area (Å²) in [5.41, 5.74) is 1.09. The molecular formula is C9H9NO2. The van der Waals surface area contributed by atoms with Crippen molar-refractivity contribution in [3.8, 4) is 11.5 Å². The first kappa shape index (κ1) is 7.16. The molecule has 0 aromatic heterocycles. The zero-order valence-corrected chi connectivity index (χ0v) is 6.62. The first-order chi connectivity index (χ1) is 5.90. The van der Waals surface area contributed by atoms with Crippen LogP contribution in [-0.2, 0) is 6.54 Å². The van der Waals surface area contributed by atoms with Gasteiger partial charge in [-0.2, -0.15) is 0 Å². The molecule has 0 spiro atoms. The molecule has 0 N–H and O–H groups in total. The van der Waals surface area contributed by atoms with Gasteiger partial charge in [-0.3, -0.25) is 4.99 Å². The first-order valence-corrected chi connectivity index (χ1v) is 3.71. The second kappa shape index (κ2) is 2.85. The zero-order valence-electron chi connectivity index (χ0n) is 6.62. The van der Waals surface area contributed by atoms with Crippen LogP contribution in [0.15, 0.2) is 23.2 Å². The van der Waals surface area contributed by atoms with Gasteiger partial charge in [0.2, 0.25) is 6.79 Å². The van der Waals surface area contributed by atoms with Crippen molar-refractivity contribution in [1.82, 2.24) is 0 Å². The average molecular weight is 163 g/mol. The van der Waals surface area contributed by atoms with Gasteiger partial charge in [-0.1, -0.05) is 6.07 Å². The van der Waals surface area contributed by atoms with Crippen LogP contribution in [0.1, 0.15) is 5.56 Å². The number of aliphatic imine (C=N–C) groups is 1. The van der Waals surface area contributed by atoms with E-state index in [4.69, 9.17) is 9.47 Å². The third-order valence-corrected chi connectivity index (χ3v) is 1.73. The van der Waals surface area contributed by atoms with Crippen molar-refractivity contribution in [3.63, 3.8) is 0 Å². The molecule has 3 nitrogen and oxygen atoms in total. The van der Waals surface area contributed by atoms with Crippen LogP contribution in [0.4, 0.5) is 0 Å². The van der Waals surface area contributed by atoms with Crippen LogP contribution in [0.25, 0.3) is 0 Å². The number of fused-ring (bicyclic) bond motifs is 1. The van der Waals surface area contributed by atoms with Crippen LogP contribution < -0.4 is 9.47 Å². The molecule has 1 heterocycles. The van der Waals surface area contributed by atoms with Crippen LogP contribution in [0.2, 0.25) is 0 Å². The molecule has 62 valence electrons. The zero-order chi connectivity index (χ0) is 8.39. The van der Waals surface area contributed by atoms with E-state index < -0.39 is 0 Å². The summed E-state index contributed by atoms with van der Waals surface area (Å²) in [7, 11) is 0. The van der Waals surface area contributed by atoms with Crippen molar-refractivity contribution in [2.24, 2.45) is 4.99 Å². The molecule has 0 unspecified atom stereocenters. The summed E-state index contributed by atoms with van der Waals surface area (Å²) in [4.78, 5) is 3.79. The Kier molecular flexibility index (Phi) is 1.70. The third-order valence-electron chi connectivity index (χ3n) is 1.73. The topological polar surface area (TPSA) is 30.8 Å². The maximum Gasteiger partial charge on any atom is 0.231 e. The van der Waals surface area contributed by atoms with Gasteiger partial charge in [0, 0.05) is 0 Å². The van der Waals surface area contributed by atoms with Crippen LogP contribution in [0.5, 0.6) is 11.5 Å². The van der Waals surface area contributed by atoms with Gasteiger partial charge >= 0.3 is 0 Å². The van der Waals surface area contributed by atoms with E-state index in [2.05, 4.69) is 11.7 Å². The van der Waals surface area contributed by atoms with Crippen LogP contribution in [0.3, 0.4) is 0 Å². The molecule has 0 amide bonds. The number of benzene rings is 1. The molecule has 0 saturated heterocycles. The van der Waals surface area contributed by atoms with E-state index in [1.54, 1.807) is 0 Å². The van der Waals surface area contributed by atoms with Crippen LogP contribution >= 0.6 is 0 Å². The number of nitrogens with zero attached hydrogens (tertiary/aromatic N) is 1. The number of ether oxygens (including phenoxy) is 2. The Morgan fingerprint density at radius 1 is 1.33 bits per heavy atom. The molecule has 12 heavy (non-hydrogen) atoms. The molecule has 1 aliphatic heterocycles. The predicted molar refractivity (Wildman–Crippen MR) is 45.8 cm³/mol. The van der Waals surface area contributed by atoms with Crippen LogP contribution in [-0.4, -0.2) is 13.5 Å². The summed E-state index contributed by atoms with van der Waals surface area (Å²) >= 11 is 0. The number of hydrogen-bond acceptors (Lipinski definition) is 3. The fourth-order valence-electron chi connectivity index (χ4n) is 1.17. The Morgan fingerprint density at radius 2 is 2.17 bits per heavy atom. The molecule has 0 fully saturated rings. The average Bonchev–Trinajstić information content (AvgIpc) is 2.51. The minimum atomic E-state index is 0.320. The van der Waals surface area contributed by atoms with Crippen molar-refractivity contribution in [3.05, 3.63) is 23.8 Å². The molecule has 0 aliphatic carbocycles. The summed E-state index contributed by atoms with van der Waals surface area (Å²) in [5.74, 6) is 1.61. The lowest BCUT2D eigenvalue weighted by Gasteiger charge is -1.98. The Morgan fingerprint density at radius 3 is 3.00 bits per heavy atom. The van der Waals surface area contributed by atoms with E-state index in [1.807, 2.05) is 18.2 Å². The molecule has 1 aromatic carbocycles. The molecule has 3 heteroatoms. The lowest BCUT2D eigenvalue weighted by molar-refractivity contribution is 0.174. The van der Waals surface area contributed by atoms with E-state index >= 15 is 0 Å². The van der Waals surface area contributed by atoms with E-state index in [-0.39, 0.29) is 0 Å². The van der Waals surface area contributed by atoms with Gasteiger partial charge in [-0.25, -0.2) is 0 Å².